The van der Waals surface area contributed by atoms with Crippen LogP contribution in [-0.2, 0) is 4.74 Å². The molecule has 7 heteroatoms. The molecule has 1 amide bonds. The van der Waals surface area contributed by atoms with Crippen LogP contribution in [0.5, 0.6) is 17.4 Å². The second-order valence-corrected chi connectivity index (χ2v) is 7.11. The number of carbonyl (C=O) groups excluding carboxylic acids is 1. The summed E-state index contributed by atoms with van der Waals surface area (Å²) in [6, 6.07) is 12.9. The van der Waals surface area contributed by atoms with Gasteiger partial charge in [-0.05, 0) is 51.5 Å². The van der Waals surface area contributed by atoms with E-state index in [4.69, 9.17) is 14.2 Å². The van der Waals surface area contributed by atoms with Crippen molar-refractivity contribution in [1.82, 2.24) is 9.88 Å². The minimum absolute atomic E-state index is 0.127. The highest BCUT2D eigenvalue weighted by atomic mass is 16.6. The Labute approximate surface area is 193 Å². The highest BCUT2D eigenvalue weighted by molar-refractivity contribution is 5.68. The zero-order valence-electron chi connectivity index (χ0n) is 20.6. The largest absolute Gasteiger partial charge is 0.488 e. The second kappa shape index (κ2) is 16.8. The number of aliphatic hydroxyl groups excluding tert-OH is 1. The fourth-order valence-electron chi connectivity index (χ4n) is 2.34. The molecule has 180 valence electrons. The number of benzene rings is 1. The number of para-hydroxylation sites is 1. The standard InChI is InChI=1S/C21H28N2O5.2C2H6/c1-21(2,3)28-20(25)23(14-15-24)13-8-16-26-18-11-7-12-22-19(18)27-17-9-5-4-6-10-17;2*1-2/h4-7,9-12,24H,8,13-16H2,1-3H3;2*1-2H3. The lowest BCUT2D eigenvalue weighted by atomic mass is 10.2. The predicted molar refractivity (Wildman–Crippen MR) is 128 cm³/mol. The Kier molecular flexibility index (Phi) is 15.4. The van der Waals surface area contributed by atoms with Gasteiger partial charge in [0.15, 0.2) is 5.75 Å². The number of rotatable bonds is 9. The van der Waals surface area contributed by atoms with Gasteiger partial charge in [0.05, 0.1) is 13.2 Å². The molecule has 32 heavy (non-hydrogen) atoms. The molecule has 0 aliphatic heterocycles. The van der Waals surface area contributed by atoms with Gasteiger partial charge in [-0.25, -0.2) is 9.78 Å². The summed E-state index contributed by atoms with van der Waals surface area (Å²) >= 11 is 0. The van der Waals surface area contributed by atoms with Crippen molar-refractivity contribution in [1.29, 1.82) is 0 Å². The number of carbonyl (C=O) groups is 1. The summed E-state index contributed by atoms with van der Waals surface area (Å²) in [5.74, 6) is 1.58. The van der Waals surface area contributed by atoms with Gasteiger partial charge in [0.2, 0.25) is 0 Å². The molecule has 0 saturated heterocycles. The quantitative estimate of drug-likeness (QED) is 0.479. The van der Waals surface area contributed by atoms with Crippen LogP contribution in [0.4, 0.5) is 4.79 Å². The van der Waals surface area contributed by atoms with Crippen molar-refractivity contribution < 1.29 is 24.1 Å². The molecule has 0 unspecified atom stereocenters. The van der Waals surface area contributed by atoms with Gasteiger partial charge in [-0.1, -0.05) is 45.9 Å². The normalized spacial score (nSPS) is 10.0. The van der Waals surface area contributed by atoms with Gasteiger partial charge < -0.3 is 24.2 Å². The summed E-state index contributed by atoms with van der Waals surface area (Å²) in [6.07, 6.45) is 1.76. The average molecular weight is 449 g/mol. The van der Waals surface area contributed by atoms with Gasteiger partial charge in [-0.2, -0.15) is 0 Å². The molecular formula is C25H40N2O5. The molecule has 0 spiro atoms. The van der Waals surface area contributed by atoms with E-state index < -0.39 is 11.7 Å². The molecule has 0 bridgehead atoms. The highest BCUT2D eigenvalue weighted by Crippen LogP contribution is 2.28. The molecule has 0 fully saturated rings. The second-order valence-electron chi connectivity index (χ2n) is 7.11. The third-order valence-corrected chi connectivity index (χ3v) is 3.55. The molecule has 1 N–H and O–H groups in total. The van der Waals surface area contributed by atoms with Crippen LogP contribution in [0.1, 0.15) is 54.9 Å². The van der Waals surface area contributed by atoms with Crippen molar-refractivity contribution in [2.45, 2.75) is 60.5 Å². The Morgan fingerprint density at radius 3 is 2.25 bits per heavy atom. The predicted octanol–water partition coefficient (Wildman–Crippen LogP) is 5.92. The van der Waals surface area contributed by atoms with E-state index in [1.807, 2.05) is 78.8 Å². The number of aromatic nitrogens is 1. The average Bonchev–Trinajstić information content (AvgIpc) is 2.79. The van der Waals surface area contributed by atoms with E-state index in [0.29, 0.717) is 37.0 Å². The van der Waals surface area contributed by atoms with E-state index in [2.05, 4.69) is 4.98 Å². The number of ether oxygens (including phenoxy) is 3. The van der Waals surface area contributed by atoms with Gasteiger partial charge in [0.25, 0.3) is 5.88 Å². The monoisotopic (exact) mass is 448 g/mol. The van der Waals surface area contributed by atoms with E-state index in [1.54, 1.807) is 18.3 Å². The minimum atomic E-state index is -0.583. The molecule has 1 aromatic carbocycles. The van der Waals surface area contributed by atoms with Crippen LogP contribution in [0.3, 0.4) is 0 Å². The van der Waals surface area contributed by atoms with Crippen LogP contribution in [0.25, 0.3) is 0 Å². The van der Waals surface area contributed by atoms with Crippen molar-refractivity contribution in [3.63, 3.8) is 0 Å². The molecular weight excluding hydrogens is 408 g/mol. The summed E-state index contributed by atoms with van der Waals surface area (Å²) in [7, 11) is 0. The number of nitrogens with zero attached hydrogens (tertiary/aromatic N) is 2. The van der Waals surface area contributed by atoms with E-state index >= 15 is 0 Å². The highest BCUT2D eigenvalue weighted by Gasteiger charge is 2.21. The molecule has 0 atom stereocenters. The van der Waals surface area contributed by atoms with Crippen LogP contribution in [-0.4, -0.2) is 53.0 Å². The van der Waals surface area contributed by atoms with Gasteiger partial charge in [0.1, 0.15) is 11.4 Å². The number of amides is 1. The summed E-state index contributed by atoms with van der Waals surface area (Å²) in [6.45, 7) is 14.3. The van der Waals surface area contributed by atoms with Gasteiger partial charge >= 0.3 is 6.09 Å². The first kappa shape index (κ1) is 29.2. The molecule has 0 aliphatic carbocycles. The SMILES string of the molecule is CC.CC.CC(C)(C)OC(=O)N(CCO)CCCOc1cccnc1Oc1ccccc1. The Bertz CT molecular complexity index is 733. The van der Waals surface area contributed by atoms with E-state index in [1.165, 1.54) is 4.90 Å². The van der Waals surface area contributed by atoms with Crippen LogP contribution in [0.15, 0.2) is 48.7 Å². The Morgan fingerprint density at radius 1 is 1.00 bits per heavy atom. The van der Waals surface area contributed by atoms with E-state index in [9.17, 15) is 9.90 Å². The third kappa shape index (κ3) is 12.2. The van der Waals surface area contributed by atoms with Gasteiger partial charge in [-0.15, -0.1) is 0 Å². The van der Waals surface area contributed by atoms with Crippen LogP contribution >= 0.6 is 0 Å². The molecule has 0 radical (unpaired) electrons. The molecule has 1 aromatic heterocycles. The molecule has 0 aliphatic rings. The molecule has 0 saturated carbocycles. The molecule has 7 nitrogen and oxygen atoms in total. The Morgan fingerprint density at radius 2 is 1.66 bits per heavy atom. The van der Waals surface area contributed by atoms with Crippen molar-refractivity contribution in [3.05, 3.63) is 48.7 Å². The first-order valence-corrected chi connectivity index (χ1v) is 11.3. The number of pyridine rings is 1. The van der Waals surface area contributed by atoms with Crippen LogP contribution in [0, 0.1) is 0 Å². The maximum atomic E-state index is 12.2. The number of hydrogen-bond acceptors (Lipinski definition) is 6. The van der Waals surface area contributed by atoms with Crippen molar-refractivity contribution in [2.75, 3.05) is 26.3 Å². The van der Waals surface area contributed by atoms with E-state index in [0.717, 1.165) is 0 Å². The molecule has 1 heterocycles. The lowest BCUT2D eigenvalue weighted by molar-refractivity contribution is 0.0210. The topological polar surface area (TPSA) is 81.1 Å². The third-order valence-electron chi connectivity index (χ3n) is 3.55. The lowest BCUT2D eigenvalue weighted by Crippen LogP contribution is -2.39. The van der Waals surface area contributed by atoms with Gasteiger partial charge in [-0.3, -0.25) is 0 Å². The summed E-state index contributed by atoms with van der Waals surface area (Å²) in [5, 5.41) is 9.19. The first-order valence-electron chi connectivity index (χ1n) is 11.3. The fourth-order valence-corrected chi connectivity index (χ4v) is 2.34. The fraction of sp³-hybridized carbons (Fsp3) is 0.520. The van der Waals surface area contributed by atoms with Crippen molar-refractivity contribution >= 4 is 6.09 Å². The Balaban J connectivity index is 0.00000227. The summed E-state index contributed by atoms with van der Waals surface area (Å²) < 4.78 is 16.9. The Hall–Kier alpha value is -2.80. The zero-order valence-corrected chi connectivity index (χ0v) is 20.6. The van der Waals surface area contributed by atoms with Gasteiger partial charge in [0, 0.05) is 19.3 Å². The molecule has 2 rings (SSSR count). The van der Waals surface area contributed by atoms with Crippen molar-refractivity contribution in [3.8, 4) is 17.4 Å². The number of hydrogen-bond donors (Lipinski definition) is 1. The smallest absolute Gasteiger partial charge is 0.410 e. The zero-order chi connectivity index (χ0) is 24.4. The first-order chi connectivity index (χ1) is 15.4. The minimum Gasteiger partial charge on any atom is -0.488 e. The summed E-state index contributed by atoms with van der Waals surface area (Å²) in [5.41, 5.74) is -0.583. The maximum Gasteiger partial charge on any atom is 0.410 e. The molecule has 2 aromatic rings. The lowest BCUT2D eigenvalue weighted by Gasteiger charge is -2.27. The van der Waals surface area contributed by atoms with Crippen LogP contribution < -0.4 is 9.47 Å². The summed E-state index contributed by atoms with van der Waals surface area (Å²) in [4.78, 5) is 17.9. The van der Waals surface area contributed by atoms with Crippen molar-refractivity contribution in [2.24, 2.45) is 0 Å². The number of aliphatic hydroxyl groups is 1. The van der Waals surface area contributed by atoms with E-state index in [-0.39, 0.29) is 13.2 Å². The maximum absolute atomic E-state index is 12.2. The van der Waals surface area contributed by atoms with Crippen LogP contribution in [0.2, 0.25) is 0 Å².